The van der Waals surface area contributed by atoms with Gasteiger partial charge in [0.25, 0.3) is 0 Å². The molecule has 1 aliphatic carbocycles. The first-order valence-electron chi connectivity index (χ1n) is 8.43. The van der Waals surface area contributed by atoms with Crippen molar-refractivity contribution in [2.45, 2.75) is 45.6 Å². The van der Waals surface area contributed by atoms with Crippen molar-refractivity contribution < 1.29 is 9.53 Å². The van der Waals surface area contributed by atoms with Gasteiger partial charge in [0.05, 0.1) is 13.4 Å². The molecule has 0 N–H and O–H groups in total. The van der Waals surface area contributed by atoms with Gasteiger partial charge < -0.3 is 9.30 Å². The van der Waals surface area contributed by atoms with E-state index in [4.69, 9.17) is 4.74 Å². The van der Waals surface area contributed by atoms with E-state index in [1.165, 1.54) is 17.5 Å². The van der Waals surface area contributed by atoms with Crippen LogP contribution in [0, 0.1) is 5.92 Å². The highest BCUT2D eigenvalue weighted by molar-refractivity contribution is 5.99. The van der Waals surface area contributed by atoms with Crippen molar-refractivity contribution in [3.8, 4) is 5.75 Å². The largest absolute Gasteiger partial charge is 0.496 e. The topological polar surface area (TPSA) is 44.1 Å². The van der Waals surface area contributed by atoms with Gasteiger partial charge in [-0.3, -0.25) is 4.79 Å². The third-order valence-electron chi connectivity index (χ3n) is 4.83. The van der Waals surface area contributed by atoms with E-state index in [0.29, 0.717) is 6.54 Å². The summed E-state index contributed by atoms with van der Waals surface area (Å²) in [7, 11) is 1.71. The number of carbonyl (C=O) groups excluding carboxylic acids is 1. The predicted molar refractivity (Wildman–Crippen MR) is 97.2 cm³/mol. The van der Waals surface area contributed by atoms with Gasteiger partial charge >= 0.3 is 0 Å². The number of ketones is 1. The Morgan fingerprint density at radius 3 is 2.67 bits per heavy atom. The number of halogens is 1. The fourth-order valence-corrected chi connectivity index (χ4v) is 3.52. The van der Waals surface area contributed by atoms with Crippen LogP contribution in [0.3, 0.4) is 0 Å². The van der Waals surface area contributed by atoms with Crippen molar-refractivity contribution in [2.75, 3.05) is 7.11 Å². The summed E-state index contributed by atoms with van der Waals surface area (Å²) in [6.45, 7) is 2.77. The molecule has 4 nitrogen and oxygen atoms in total. The number of rotatable bonds is 6. The first-order valence-corrected chi connectivity index (χ1v) is 8.43. The molecule has 0 saturated carbocycles. The molecule has 1 aromatic heterocycles. The van der Waals surface area contributed by atoms with Crippen LogP contribution in [0.5, 0.6) is 5.75 Å². The summed E-state index contributed by atoms with van der Waals surface area (Å²) in [6.07, 6.45) is 10.6. The van der Waals surface area contributed by atoms with Crippen LogP contribution in [0.15, 0.2) is 30.9 Å². The lowest BCUT2D eigenvalue weighted by Gasteiger charge is -2.23. The third-order valence-corrected chi connectivity index (χ3v) is 4.83. The Bertz CT molecular complexity index is 683. The average molecular weight is 349 g/mol. The summed E-state index contributed by atoms with van der Waals surface area (Å²) in [5, 5.41) is 0. The van der Waals surface area contributed by atoms with Crippen LogP contribution in [0.2, 0.25) is 0 Å². The highest BCUT2D eigenvalue weighted by Crippen LogP contribution is 2.33. The highest BCUT2D eigenvalue weighted by atomic mass is 35.5. The lowest BCUT2D eigenvalue weighted by molar-refractivity contribution is 0.0902. The Morgan fingerprint density at radius 1 is 1.29 bits per heavy atom. The molecule has 1 unspecified atom stereocenters. The zero-order valence-corrected chi connectivity index (χ0v) is 15.1. The number of methoxy groups -OCH3 is 1. The van der Waals surface area contributed by atoms with Gasteiger partial charge in [-0.25, -0.2) is 4.98 Å². The molecule has 1 atom stereocenters. The molecule has 130 valence electrons. The summed E-state index contributed by atoms with van der Waals surface area (Å²) < 4.78 is 7.48. The van der Waals surface area contributed by atoms with Crippen molar-refractivity contribution >= 4 is 18.2 Å². The lowest BCUT2D eigenvalue weighted by Crippen LogP contribution is -2.22. The van der Waals surface area contributed by atoms with E-state index < -0.39 is 0 Å². The second-order valence-corrected chi connectivity index (χ2v) is 6.21. The van der Waals surface area contributed by atoms with Crippen molar-refractivity contribution in [1.82, 2.24) is 9.55 Å². The van der Waals surface area contributed by atoms with Gasteiger partial charge in [0.1, 0.15) is 5.75 Å². The minimum atomic E-state index is -0.0105. The monoisotopic (exact) mass is 348 g/mol. The second kappa shape index (κ2) is 8.34. The minimum absolute atomic E-state index is 0. The van der Waals surface area contributed by atoms with Crippen LogP contribution in [0.4, 0.5) is 0 Å². The highest BCUT2D eigenvalue weighted by Gasteiger charge is 2.25. The van der Waals surface area contributed by atoms with Crippen LogP contribution in [0.25, 0.3) is 0 Å². The van der Waals surface area contributed by atoms with Gasteiger partial charge in [-0.1, -0.05) is 6.92 Å². The molecule has 1 heterocycles. The molecule has 1 aliphatic rings. The number of nitrogens with zero attached hydrogens (tertiary/aromatic N) is 2. The third kappa shape index (κ3) is 3.64. The maximum atomic E-state index is 13.1. The van der Waals surface area contributed by atoms with Crippen molar-refractivity contribution in [2.24, 2.45) is 5.92 Å². The zero-order valence-electron chi connectivity index (χ0n) is 14.3. The standard InChI is InChI=1S/C19H24N2O2.ClH/c1-3-14(12-21-11-10-20-13-21)19(22)17-8-9-18(23-2)16-7-5-4-6-15(16)17;/h8-11,13-14H,3-7,12H2,1-2H3;1H. The average Bonchev–Trinajstić information content (AvgIpc) is 3.11. The van der Waals surface area contributed by atoms with E-state index in [1.54, 1.807) is 19.6 Å². The van der Waals surface area contributed by atoms with Gasteiger partial charge in [-0.05, 0) is 55.4 Å². The minimum Gasteiger partial charge on any atom is -0.496 e. The number of ether oxygens (including phenoxy) is 1. The van der Waals surface area contributed by atoms with E-state index in [2.05, 4.69) is 11.9 Å². The van der Waals surface area contributed by atoms with Crippen LogP contribution >= 0.6 is 12.4 Å². The summed E-state index contributed by atoms with van der Waals surface area (Å²) in [6, 6.07) is 3.92. The summed E-state index contributed by atoms with van der Waals surface area (Å²) >= 11 is 0. The number of aromatic nitrogens is 2. The Balaban J connectivity index is 0.00000208. The molecular weight excluding hydrogens is 324 g/mol. The van der Waals surface area contributed by atoms with E-state index in [9.17, 15) is 4.79 Å². The van der Waals surface area contributed by atoms with Crippen molar-refractivity contribution in [1.29, 1.82) is 0 Å². The molecular formula is C19H25ClN2O2. The van der Waals surface area contributed by atoms with Gasteiger partial charge in [0.15, 0.2) is 5.78 Å². The second-order valence-electron chi connectivity index (χ2n) is 6.21. The first kappa shape index (κ1) is 18.5. The van der Waals surface area contributed by atoms with Crippen molar-refractivity contribution in [3.05, 3.63) is 47.5 Å². The molecule has 0 fully saturated rings. The molecule has 0 bridgehead atoms. The molecule has 0 radical (unpaired) electrons. The molecule has 0 amide bonds. The molecule has 3 rings (SSSR count). The number of carbonyl (C=O) groups is 1. The quantitative estimate of drug-likeness (QED) is 0.738. The summed E-state index contributed by atoms with van der Waals surface area (Å²) in [5.74, 6) is 1.17. The van der Waals surface area contributed by atoms with Crippen LogP contribution in [-0.2, 0) is 19.4 Å². The molecule has 0 aliphatic heterocycles. The van der Waals surface area contributed by atoms with E-state index in [0.717, 1.165) is 37.0 Å². The smallest absolute Gasteiger partial charge is 0.168 e. The molecule has 1 aromatic carbocycles. The number of hydrogen-bond donors (Lipinski definition) is 0. The fraction of sp³-hybridized carbons (Fsp3) is 0.474. The number of fused-ring (bicyclic) bond motifs is 1. The SMILES string of the molecule is CCC(Cn1ccnc1)C(=O)c1ccc(OC)c2c1CCCC2.Cl. The number of Topliss-reactive ketones (excluding diaryl/α,β-unsaturated/α-hetero) is 1. The Labute approximate surface area is 149 Å². The lowest BCUT2D eigenvalue weighted by atomic mass is 9.83. The maximum absolute atomic E-state index is 13.1. The predicted octanol–water partition coefficient (Wildman–Crippen LogP) is 4.10. The molecule has 24 heavy (non-hydrogen) atoms. The van der Waals surface area contributed by atoms with Crippen LogP contribution < -0.4 is 4.74 Å². The molecule has 0 saturated heterocycles. The summed E-state index contributed by atoms with van der Waals surface area (Å²) in [5.41, 5.74) is 3.35. The van der Waals surface area contributed by atoms with Gasteiger partial charge in [-0.2, -0.15) is 0 Å². The molecule has 5 heteroatoms. The maximum Gasteiger partial charge on any atom is 0.168 e. The van der Waals surface area contributed by atoms with E-state index >= 15 is 0 Å². The number of imidazole rings is 1. The van der Waals surface area contributed by atoms with Gasteiger partial charge in [0.2, 0.25) is 0 Å². The normalized spacial score (nSPS) is 14.4. The number of hydrogen-bond acceptors (Lipinski definition) is 3. The fourth-order valence-electron chi connectivity index (χ4n) is 3.52. The molecule has 2 aromatic rings. The first-order chi connectivity index (χ1) is 11.2. The summed E-state index contributed by atoms with van der Waals surface area (Å²) in [4.78, 5) is 17.2. The molecule has 0 spiro atoms. The number of benzene rings is 1. The van der Waals surface area contributed by atoms with Crippen molar-refractivity contribution in [3.63, 3.8) is 0 Å². The van der Waals surface area contributed by atoms with Gasteiger partial charge in [0, 0.05) is 30.4 Å². The van der Waals surface area contributed by atoms with Gasteiger partial charge in [-0.15, -0.1) is 12.4 Å². The Morgan fingerprint density at radius 2 is 2.04 bits per heavy atom. The van der Waals surface area contributed by atoms with Crippen LogP contribution in [-0.4, -0.2) is 22.4 Å². The Hall–Kier alpha value is -1.81. The van der Waals surface area contributed by atoms with Crippen LogP contribution in [0.1, 0.15) is 47.7 Å². The van der Waals surface area contributed by atoms with E-state index in [1.807, 2.05) is 22.9 Å². The Kier molecular flexibility index (Phi) is 6.44. The zero-order chi connectivity index (χ0) is 16.2. The van der Waals surface area contributed by atoms with E-state index in [-0.39, 0.29) is 24.1 Å².